The molecule has 2 N–H and O–H groups in total. The lowest BCUT2D eigenvalue weighted by Gasteiger charge is -2.10. The summed E-state index contributed by atoms with van der Waals surface area (Å²) >= 11 is 0. The second-order valence-electron chi connectivity index (χ2n) is 3.84. The molecule has 0 aromatic heterocycles. The summed E-state index contributed by atoms with van der Waals surface area (Å²) in [7, 11) is 0. The van der Waals surface area contributed by atoms with Gasteiger partial charge >= 0.3 is 0 Å². The van der Waals surface area contributed by atoms with Crippen LogP contribution >= 0.6 is 0 Å². The van der Waals surface area contributed by atoms with Gasteiger partial charge in [0.1, 0.15) is 5.75 Å². The predicted molar refractivity (Wildman–Crippen MR) is 61.0 cm³/mol. The van der Waals surface area contributed by atoms with E-state index in [0.717, 1.165) is 16.3 Å². The van der Waals surface area contributed by atoms with Gasteiger partial charge in [-0.2, -0.15) is 0 Å². The van der Waals surface area contributed by atoms with Crippen LogP contribution in [-0.4, -0.2) is 16.3 Å². The van der Waals surface area contributed by atoms with Gasteiger partial charge in [-0.15, -0.1) is 0 Å². The molecule has 0 heterocycles. The Morgan fingerprint density at radius 2 is 1.87 bits per heavy atom. The van der Waals surface area contributed by atoms with Crippen molar-refractivity contribution in [3.05, 3.63) is 42.0 Å². The molecule has 0 aliphatic carbocycles. The summed E-state index contributed by atoms with van der Waals surface area (Å²) in [5, 5.41) is 21.2. The quantitative estimate of drug-likeness (QED) is 0.785. The van der Waals surface area contributed by atoms with Crippen molar-refractivity contribution in [1.29, 1.82) is 0 Å². The van der Waals surface area contributed by atoms with Gasteiger partial charge < -0.3 is 10.2 Å². The van der Waals surface area contributed by atoms with E-state index in [2.05, 4.69) is 0 Å². The van der Waals surface area contributed by atoms with Crippen LogP contribution < -0.4 is 0 Å². The van der Waals surface area contributed by atoms with Gasteiger partial charge in [0, 0.05) is 12.0 Å². The highest BCUT2D eigenvalue weighted by Crippen LogP contribution is 2.27. The van der Waals surface area contributed by atoms with E-state index in [1.807, 2.05) is 30.3 Å². The molecule has 0 aliphatic heterocycles. The van der Waals surface area contributed by atoms with Crippen molar-refractivity contribution in [1.82, 2.24) is 0 Å². The average Bonchev–Trinajstić information content (AvgIpc) is 2.22. The lowest BCUT2D eigenvalue weighted by molar-refractivity contribution is 0.194. The van der Waals surface area contributed by atoms with Crippen LogP contribution in [0.5, 0.6) is 5.75 Å². The van der Waals surface area contributed by atoms with Crippen molar-refractivity contribution < 1.29 is 10.2 Å². The second-order valence-corrected chi connectivity index (χ2v) is 3.84. The van der Waals surface area contributed by atoms with Gasteiger partial charge in [0.15, 0.2) is 0 Å². The van der Waals surface area contributed by atoms with Crippen LogP contribution in [0, 0.1) is 0 Å². The van der Waals surface area contributed by atoms with E-state index in [1.165, 1.54) is 0 Å². The van der Waals surface area contributed by atoms with Crippen LogP contribution in [0.2, 0.25) is 0 Å². The molecule has 0 radical (unpaired) electrons. The van der Waals surface area contributed by atoms with Crippen molar-refractivity contribution in [3.8, 4) is 5.75 Å². The zero-order chi connectivity index (χ0) is 10.8. The minimum absolute atomic E-state index is 0.259. The van der Waals surface area contributed by atoms with Crippen LogP contribution in [0.4, 0.5) is 0 Å². The number of aliphatic hydroxyl groups excluding tert-OH is 1. The molecule has 0 aliphatic rings. The first-order chi connectivity index (χ1) is 7.18. The fourth-order valence-corrected chi connectivity index (χ4v) is 1.83. The molecule has 2 rings (SSSR count). The van der Waals surface area contributed by atoms with E-state index >= 15 is 0 Å². The SMILES string of the molecule is CC(O)Cc1c(O)ccc2ccccc12. The summed E-state index contributed by atoms with van der Waals surface area (Å²) in [6.45, 7) is 1.72. The van der Waals surface area contributed by atoms with Gasteiger partial charge in [-0.25, -0.2) is 0 Å². The third-order valence-corrected chi connectivity index (χ3v) is 2.52. The molecule has 0 fully saturated rings. The third-order valence-electron chi connectivity index (χ3n) is 2.52. The van der Waals surface area contributed by atoms with Crippen molar-refractivity contribution in [2.75, 3.05) is 0 Å². The van der Waals surface area contributed by atoms with Gasteiger partial charge in [0.25, 0.3) is 0 Å². The van der Waals surface area contributed by atoms with Crippen LogP contribution in [-0.2, 0) is 6.42 Å². The fraction of sp³-hybridized carbons (Fsp3) is 0.231. The first-order valence-electron chi connectivity index (χ1n) is 5.06. The molecule has 0 saturated heterocycles. The predicted octanol–water partition coefficient (Wildman–Crippen LogP) is 2.47. The fourth-order valence-electron chi connectivity index (χ4n) is 1.83. The highest BCUT2D eigenvalue weighted by Gasteiger charge is 2.08. The first-order valence-corrected chi connectivity index (χ1v) is 5.06. The Balaban J connectivity index is 2.63. The molecule has 1 atom stereocenters. The van der Waals surface area contributed by atoms with Gasteiger partial charge in [-0.1, -0.05) is 30.3 Å². The Kier molecular flexibility index (Phi) is 2.60. The first kappa shape index (κ1) is 9.99. The van der Waals surface area contributed by atoms with Crippen LogP contribution in [0.25, 0.3) is 10.8 Å². The lowest BCUT2D eigenvalue weighted by Crippen LogP contribution is -2.04. The number of aromatic hydroxyl groups is 1. The number of phenolic OH excluding ortho intramolecular Hbond substituents is 1. The Morgan fingerprint density at radius 3 is 2.60 bits per heavy atom. The van der Waals surface area contributed by atoms with Gasteiger partial charge in [-0.05, 0) is 23.8 Å². The molecule has 0 bridgehead atoms. The molecule has 0 amide bonds. The number of phenols is 1. The molecule has 2 nitrogen and oxygen atoms in total. The van der Waals surface area contributed by atoms with Crippen LogP contribution in [0.15, 0.2) is 36.4 Å². The second kappa shape index (κ2) is 3.91. The Hall–Kier alpha value is -1.54. The van der Waals surface area contributed by atoms with Crippen molar-refractivity contribution in [3.63, 3.8) is 0 Å². The molecule has 15 heavy (non-hydrogen) atoms. The highest BCUT2D eigenvalue weighted by atomic mass is 16.3. The lowest BCUT2D eigenvalue weighted by atomic mass is 9.99. The standard InChI is InChI=1S/C13H14O2/c1-9(14)8-12-11-5-3-2-4-10(11)6-7-13(12)15/h2-7,9,14-15H,8H2,1H3. The van der Waals surface area contributed by atoms with Gasteiger partial charge in [-0.3, -0.25) is 0 Å². The maximum atomic E-state index is 9.75. The normalized spacial score (nSPS) is 12.9. The third kappa shape index (κ3) is 1.95. The summed E-state index contributed by atoms with van der Waals surface area (Å²) in [6.07, 6.45) is 0.0365. The van der Waals surface area contributed by atoms with E-state index in [1.54, 1.807) is 13.0 Å². The van der Waals surface area contributed by atoms with Crippen LogP contribution in [0.1, 0.15) is 12.5 Å². The van der Waals surface area contributed by atoms with Crippen molar-refractivity contribution in [2.24, 2.45) is 0 Å². The van der Waals surface area contributed by atoms with E-state index < -0.39 is 6.10 Å². The molecule has 2 aromatic carbocycles. The maximum absolute atomic E-state index is 9.75. The Labute approximate surface area is 88.8 Å². The van der Waals surface area contributed by atoms with Crippen LogP contribution in [0.3, 0.4) is 0 Å². The largest absolute Gasteiger partial charge is 0.508 e. The molecule has 78 valence electrons. The highest BCUT2D eigenvalue weighted by molar-refractivity contribution is 5.87. The van der Waals surface area contributed by atoms with Crippen molar-refractivity contribution >= 4 is 10.8 Å². The molecule has 2 heteroatoms. The number of fused-ring (bicyclic) bond motifs is 1. The van der Waals surface area contributed by atoms with Gasteiger partial charge in [0.2, 0.25) is 0 Å². The zero-order valence-electron chi connectivity index (χ0n) is 8.64. The summed E-state index contributed by atoms with van der Waals surface area (Å²) < 4.78 is 0. The number of benzene rings is 2. The summed E-state index contributed by atoms with van der Waals surface area (Å²) in [5.74, 6) is 0.259. The number of hydrogen-bond donors (Lipinski definition) is 2. The molecule has 0 saturated carbocycles. The van der Waals surface area contributed by atoms with Gasteiger partial charge in [0.05, 0.1) is 6.10 Å². The zero-order valence-corrected chi connectivity index (χ0v) is 8.64. The smallest absolute Gasteiger partial charge is 0.119 e. The maximum Gasteiger partial charge on any atom is 0.119 e. The van der Waals surface area contributed by atoms with E-state index in [9.17, 15) is 10.2 Å². The van der Waals surface area contributed by atoms with E-state index in [4.69, 9.17) is 0 Å². The molecule has 1 unspecified atom stereocenters. The number of rotatable bonds is 2. The van der Waals surface area contributed by atoms with Crippen molar-refractivity contribution in [2.45, 2.75) is 19.4 Å². The molecule has 2 aromatic rings. The number of hydrogen-bond acceptors (Lipinski definition) is 2. The number of aliphatic hydroxyl groups is 1. The Bertz CT molecular complexity index is 475. The van der Waals surface area contributed by atoms with E-state index in [0.29, 0.717) is 6.42 Å². The Morgan fingerprint density at radius 1 is 1.13 bits per heavy atom. The molecular formula is C13H14O2. The van der Waals surface area contributed by atoms with E-state index in [-0.39, 0.29) is 5.75 Å². The summed E-state index contributed by atoms with van der Waals surface area (Å²) in [5.41, 5.74) is 0.822. The molecular weight excluding hydrogens is 188 g/mol. The summed E-state index contributed by atoms with van der Waals surface area (Å²) in [4.78, 5) is 0. The average molecular weight is 202 g/mol. The minimum Gasteiger partial charge on any atom is -0.508 e. The topological polar surface area (TPSA) is 40.5 Å². The summed E-state index contributed by atoms with van der Waals surface area (Å²) in [6, 6.07) is 11.4. The monoisotopic (exact) mass is 202 g/mol. The molecule has 0 spiro atoms. The minimum atomic E-state index is -0.443.